The Balaban J connectivity index is 1.64. The first-order chi connectivity index (χ1) is 13.8. The van der Waals surface area contributed by atoms with E-state index in [1.165, 1.54) is 14.2 Å². The van der Waals surface area contributed by atoms with Gasteiger partial charge in [0, 0.05) is 24.9 Å². The number of esters is 2. The Labute approximate surface area is 171 Å². The summed E-state index contributed by atoms with van der Waals surface area (Å²) in [6.45, 7) is 8.39. The lowest BCUT2D eigenvalue weighted by atomic mass is 9.33. The average molecular weight is 400 g/mol. The fraction of sp³-hybridized carbons (Fsp3) is 0.565. The molecule has 0 radical (unpaired) electrons. The highest BCUT2D eigenvalue weighted by atomic mass is 16.6. The lowest BCUT2D eigenvalue weighted by Gasteiger charge is -2.68. The monoisotopic (exact) mass is 400 g/mol. The Morgan fingerprint density at radius 2 is 1.90 bits per heavy atom. The van der Waals surface area contributed by atoms with Gasteiger partial charge in [-0.2, -0.15) is 0 Å². The van der Waals surface area contributed by atoms with Crippen LogP contribution in [0.4, 0.5) is 0 Å². The molecular formula is C23H28O6. The summed E-state index contributed by atoms with van der Waals surface area (Å²) >= 11 is 0. The second-order valence-electron chi connectivity index (χ2n) is 8.68. The zero-order valence-electron chi connectivity index (χ0n) is 17.4. The van der Waals surface area contributed by atoms with E-state index >= 15 is 0 Å². The van der Waals surface area contributed by atoms with Crippen molar-refractivity contribution in [2.24, 2.45) is 16.7 Å². The Morgan fingerprint density at radius 1 is 1.21 bits per heavy atom. The largest absolute Gasteiger partial charge is 0.468 e. The average Bonchev–Trinajstić information content (AvgIpc) is 2.81. The van der Waals surface area contributed by atoms with Crippen LogP contribution in [0, 0.1) is 16.7 Å². The normalized spacial score (nSPS) is 37.9. The van der Waals surface area contributed by atoms with Gasteiger partial charge in [0.15, 0.2) is 6.10 Å². The highest BCUT2D eigenvalue weighted by Gasteiger charge is 2.85. The van der Waals surface area contributed by atoms with Gasteiger partial charge in [-0.25, -0.2) is 4.79 Å². The number of carbonyl (C=O) groups is 2. The van der Waals surface area contributed by atoms with Crippen molar-refractivity contribution >= 4 is 11.9 Å². The van der Waals surface area contributed by atoms with E-state index in [0.29, 0.717) is 12.8 Å². The molecule has 0 aromatic heterocycles. The number of fused-ring (bicyclic) bond motifs is 1. The highest BCUT2D eigenvalue weighted by molar-refractivity contribution is 5.83. The summed E-state index contributed by atoms with van der Waals surface area (Å²) in [7, 11) is 2.88. The molecule has 1 heterocycles. The lowest BCUT2D eigenvalue weighted by molar-refractivity contribution is -0.243. The van der Waals surface area contributed by atoms with Gasteiger partial charge in [-0.1, -0.05) is 42.5 Å². The van der Waals surface area contributed by atoms with Crippen molar-refractivity contribution in [1.29, 1.82) is 0 Å². The van der Waals surface area contributed by atoms with E-state index in [4.69, 9.17) is 18.9 Å². The van der Waals surface area contributed by atoms with Crippen molar-refractivity contribution in [3.05, 3.63) is 48.0 Å². The second kappa shape index (κ2) is 6.67. The van der Waals surface area contributed by atoms with Gasteiger partial charge in [-0.15, -0.1) is 0 Å². The highest BCUT2D eigenvalue weighted by Crippen LogP contribution is 2.79. The topological polar surface area (TPSA) is 71.1 Å². The van der Waals surface area contributed by atoms with Gasteiger partial charge >= 0.3 is 11.9 Å². The van der Waals surface area contributed by atoms with Crippen LogP contribution in [0.15, 0.2) is 42.5 Å². The molecule has 29 heavy (non-hydrogen) atoms. The molecule has 4 bridgehead atoms. The zero-order valence-corrected chi connectivity index (χ0v) is 17.4. The summed E-state index contributed by atoms with van der Waals surface area (Å²) in [5, 5.41) is 0. The van der Waals surface area contributed by atoms with Gasteiger partial charge in [-0.05, 0) is 25.8 Å². The van der Waals surface area contributed by atoms with Crippen molar-refractivity contribution in [3.8, 4) is 0 Å². The van der Waals surface area contributed by atoms with Crippen molar-refractivity contribution in [2.45, 2.75) is 44.5 Å². The van der Waals surface area contributed by atoms with Crippen LogP contribution in [0.25, 0.3) is 0 Å². The van der Waals surface area contributed by atoms with E-state index in [1.54, 1.807) is 0 Å². The first-order valence-corrected chi connectivity index (χ1v) is 9.94. The number of rotatable bonds is 6. The maximum atomic E-state index is 13.0. The molecule has 1 aromatic rings. The number of hydrogen-bond donors (Lipinski definition) is 0. The summed E-state index contributed by atoms with van der Waals surface area (Å²) in [6, 6.07) is 9.24. The molecule has 5 rings (SSSR count). The third-order valence-corrected chi connectivity index (χ3v) is 7.58. The Bertz CT molecular complexity index is 850. The molecule has 3 saturated carbocycles. The smallest absolute Gasteiger partial charge is 0.340 e. The molecule has 4 fully saturated rings. The van der Waals surface area contributed by atoms with Crippen LogP contribution in [-0.4, -0.2) is 44.5 Å². The molecule has 0 spiro atoms. The van der Waals surface area contributed by atoms with Gasteiger partial charge in [0.2, 0.25) is 0 Å². The van der Waals surface area contributed by atoms with Crippen molar-refractivity contribution in [3.63, 3.8) is 0 Å². The fourth-order valence-corrected chi connectivity index (χ4v) is 6.30. The molecule has 1 saturated heterocycles. The molecule has 6 atom stereocenters. The van der Waals surface area contributed by atoms with Gasteiger partial charge in [0.25, 0.3) is 0 Å². The van der Waals surface area contributed by atoms with Gasteiger partial charge in [-0.3, -0.25) is 4.79 Å². The lowest BCUT2D eigenvalue weighted by Crippen LogP contribution is -2.74. The molecule has 6 nitrogen and oxygen atoms in total. The molecule has 0 unspecified atom stereocenters. The standard InChI is InChI=1S/C23H28O6/c1-14(2)23-11-16-17(12-21(23,3)28-13-22(16,23)20(25)27-5)29-19(24)18(26-4)15-9-7-6-8-10-15/h6-10,16-18H,1,11-13H2,2-5H3/t16-,17+,18+,21-,22+,23-/m0/s1. The molecule has 6 heteroatoms. The SMILES string of the molecule is C=C(C)[C@@]12C[C@H]3[C@H](OC(=O)[C@H](OC)c4ccccc4)C[C@]1(C)OC[C@]32C(=O)OC. The van der Waals surface area contributed by atoms with Crippen LogP contribution in [0.3, 0.4) is 0 Å². The first-order valence-electron chi connectivity index (χ1n) is 9.94. The summed E-state index contributed by atoms with van der Waals surface area (Å²) < 4.78 is 22.8. The molecular weight excluding hydrogens is 372 g/mol. The summed E-state index contributed by atoms with van der Waals surface area (Å²) in [5.74, 6) is -0.937. The summed E-state index contributed by atoms with van der Waals surface area (Å²) in [4.78, 5) is 26.0. The maximum Gasteiger partial charge on any atom is 0.340 e. The molecule has 0 amide bonds. The number of methoxy groups -OCH3 is 2. The minimum Gasteiger partial charge on any atom is -0.468 e. The third-order valence-electron chi connectivity index (χ3n) is 7.58. The van der Waals surface area contributed by atoms with E-state index in [-0.39, 0.29) is 18.5 Å². The van der Waals surface area contributed by atoms with Gasteiger partial charge < -0.3 is 18.9 Å². The second-order valence-corrected chi connectivity index (χ2v) is 8.68. The summed E-state index contributed by atoms with van der Waals surface area (Å²) in [5.41, 5.74) is -0.333. The third kappa shape index (κ3) is 2.36. The van der Waals surface area contributed by atoms with Crippen LogP contribution in [0.5, 0.6) is 0 Å². The predicted octanol–water partition coefficient (Wildman–Crippen LogP) is 3.22. The summed E-state index contributed by atoms with van der Waals surface area (Å²) in [6.07, 6.45) is -0.0593. The van der Waals surface area contributed by atoms with E-state index in [9.17, 15) is 9.59 Å². The quantitative estimate of drug-likeness (QED) is 0.539. The zero-order chi connectivity index (χ0) is 21.0. The first kappa shape index (κ1) is 20.1. The van der Waals surface area contributed by atoms with Crippen LogP contribution in [0.1, 0.15) is 38.4 Å². The van der Waals surface area contributed by atoms with Crippen LogP contribution in [0.2, 0.25) is 0 Å². The Hall–Kier alpha value is -2.18. The molecule has 1 aliphatic heterocycles. The molecule has 1 aromatic carbocycles. The van der Waals surface area contributed by atoms with Crippen LogP contribution in [-0.2, 0) is 28.5 Å². The molecule has 3 aliphatic carbocycles. The Kier molecular flexibility index (Phi) is 4.63. The van der Waals surface area contributed by atoms with E-state index in [0.717, 1.165) is 11.1 Å². The maximum absolute atomic E-state index is 13.0. The number of ether oxygens (including phenoxy) is 4. The predicted molar refractivity (Wildman–Crippen MR) is 105 cm³/mol. The van der Waals surface area contributed by atoms with Crippen LogP contribution < -0.4 is 0 Å². The van der Waals surface area contributed by atoms with E-state index in [1.807, 2.05) is 44.2 Å². The van der Waals surface area contributed by atoms with E-state index in [2.05, 4.69) is 6.58 Å². The molecule has 0 N–H and O–H groups in total. The van der Waals surface area contributed by atoms with Gasteiger partial charge in [0.05, 0.1) is 19.3 Å². The number of hydrogen-bond acceptors (Lipinski definition) is 6. The minimum absolute atomic E-state index is 0.167. The fourth-order valence-electron chi connectivity index (χ4n) is 6.30. The van der Waals surface area contributed by atoms with Crippen molar-refractivity contribution < 1.29 is 28.5 Å². The van der Waals surface area contributed by atoms with Crippen LogP contribution >= 0.6 is 0 Å². The molecule has 4 aliphatic rings. The van der Waals surface area contributed by atoms with Gasteiger partial charge in [0.1, 0.15) is 11.5 Å². The number of carbonyl (C=O) groups excluding carboxylic acids is 2. The number of benzene rings is 1. The minimum atomic E-state index is -0.860. The van der Waals surface area contributed by atoms with Crippen molar-refractivity contribution in [2.75, 3.05) is 20.8 Å². The Morgan fingerprint density at radius 3 is 2.48 bits per heavy atom. The van der Waals surface area contributed by atoms with E-state index < -0.39 is 34.6 Å². The van der Waals surface area contributed by atoms with Crippen molar-refractivity contribution in [1.82, 2.24) is 0 Å². The molecule has 156 valence electrons.